The van der Waals surface area contributed by atoms with E-state index >= 15 is 0 Å². The van der Waals surface area contributed by atoms with Crippen molar-refractivity contribution in [3.8, 4) is 28.5 Å². The molecule has 0 aliphatic carbocycles. The first-order valence-electron chi connectivity index (χ1n) is 8.35. The zero-order valence-electron chi connectivity index (χ0n) is 16.0. The highest BCUT2D eigenvalue weighted by Crippen LogP contribution is 2.41. The third-order valence-electron chi connectivity index (χ3n) is 4.03. The minimum Gasteiger partial charge on any atom is -0.493 e. The lowest BCUT2D eigenvalue weighted by Gasteiger charge is -2.14. The van der Waals surface area contributed by atoms with E-state index in [0.717, 1.165) is 16.8 Å². The fourth-order valence-corrected chi connectivity index (χ4v) is 3.47. The van der Waals surface area contributed by atoms with Gasteiger partial charge in [0.1, 0.15) is 5.82 Å². The van der Waals surface area contributed by atoms with Crippen molar-refractivity contribution in [2.45, 2.75) is 0 Å². The van der Waals surface area contributed by atoms with E-state index < -0.39 is 0 Å². The molecule has 0 amide bonds. The van der Waals surface area contributed by atoms with Crippen LogP contribution >= 0.6 is 11.3 Å². The van der Waals surface area contributed by atoms with Gasteiger partial charge in [-0.3, -0.25) is 4.99 Å². The fourth-order valence-electron chi connectivity index (χ4n) is 2.66. The Balaban J connectivity index is 2.11. The van der Waals surface area contributed by atoms with Gasteiger partial charge in [0.25, 0.3) is 0 Å². The molecule has 3 aromatic rings. The molecule has 0 fully saturated rings. The first-order valence-corrected chi connectivity index (χ1v) is 9.23. The standard InChI is InChI=1S/C20H20FN3O3S/c1-22-20-24(23-11-13-5-7-15(21)8-6-13)16(12-28-20)14-9-17(25-2)19(27-4)18(10-14)26-3/h5-12H,1-4H3. The zero-order chi connectivity index (χ0) is 20.1. The number of benzene rings is 2. The number of hydrogen-bond acceptors (Lipinski definition) is 6. The van der Waals surface area contributed by atoms with Crippen molar-refractivity contribution in [2.24, 2.45) is 10.1 Å². The van der Waals surface area contributed by atoms with Crippen molar-refractivity contribution in [3.63, 3.8) is 0 Å². The van der Waals surface area contributed by atoms with Crippen LogP contribution in [0.3, 0.4) is 0 Å². The number of nitrogens with zero attached hydrogens (tertiary/aromatic N) is 3. The molecule has 0 spiro atoms. The molecule has 8 heteroatoms. The summed E-state index contributed by atoms with van der Waals surface area (Å²) in [6, 6.07) is 9.82. The van der Waals surface area contributed by atoms with E-state index in [9.17, 15) is 4.39 Å². The highest BCUT2D eigenvalue weighted by molar-refractivity contribution is 7.07. The van der Waals surface area contributed by atoms with Gasteiger partial charge in [-0.1, -0.05) is 12.1 Å². The summed E-state index contributed by atoms with van der Waals surface area (Å²) in [5.74, 6) is 1.33. The molecule has 3 rings (SSSR count). The number of rotatable bonds is 6. The van der Waals surface area contributed by atoms with Crippen LogP contribution in [0.25, 0.3) is 11.3 Å². The minimum atomic E-state index is -0.289. The zero-order valence-corrected chi connectivity index (χ0v) is 16.8. The average Bonchev–Trinajstić information content (AvgIpc) is 3.15. The largest absolute Gasteiger partial charge is 0.493 e. The summed E-state index contributed by atoms with van der Waals surface area (Å²) in [5, 5.41) is 6.49. The Labute approximate surface area is 166 Å². The SMILES string of the molecule is CN=c1scc(-c2cc(OC)c(OC)c(OC)c2)n1N=Cc1ccc(F)cc1. The normalized spacial score (nSPS) is 11.8. The van der Waals surface area contributed by atoms with Crippen LogP contribution < -0.4 is 19.0 Å². The highest BCUT2D eigenvalue weighted by Gasteiger charge is 2.16. The van der Waals surface area contributed by atoms with E-state index in [1.54, 1.807) is 51.4 Å². The van der Waals surface area contributed by atoms with Crippen LogP contribution in [0.5, 0.6) is 17.2 Å². The third kappa shape index (κ3) is 3.91. The van der Waals surface area contributed by atoms with E-state index in [0.29, 0.717) is 22.0 Å². The maximum absolute atomic E-state index is 13.1. The molecule has 28 heavy (non-hydrogen) atoms. The maximum atomic E-state index is 13.1. The third-order valence-corrected chi connectivity index (χ3v) is 4.94. The number of aromatic nitrogens is 1. The summed E-state index contributed by atoms with van der Waals surface area (Å²) >= 11 is 1.46. The molecule has 0 aliphatic rings. The number of hydrogen-bond donors (Lipinski definition) is 0. The molecule has 0 saturated heterocycles. The van der Waals surface area contributed by atoms with Crippen LogP contribution in [0.15, 0.2) is 51.9 Å². The Morgan fingerprint density at radius 3 is 2.18 bits per heavy atom. The number of thiazole rings is 1. The summed E-state index contributed by atoms with van der Waals surface area (Å²) in [7, 11) is 6.41. The summed E-state index contributed by atoms with van der Waals surface area (Å²) in [6.45, 7) is 0. The van der Waals surface area contributed by atoms with Crippen LogP contribution in [0.1, 0.15) is 5.56 Å². The van der Waals surface area contributed by atoms with Gasteiger partial charge in [0, 0.05) is 18.0 Å². The lowest BCUT2D eigenvalue weighted by atomic mass is 10.1. The van der Waals surface area contributed by atoms with Crippen molar-refractivity contribution in [3.05, 3.63) is 58.0 Å². The van der Waals surface area contributed by atoms with E-state index in [1.165, 1.54) is 23.5 Å². The second-order valence-electron chi connectivity index (χ2n) is 5.65. The summed E-state index contributed by atoms with van der Waals surface area (Å²) < 4.78 is 31.1. The smallest absolute Gasteiger partial charge is 0.205 e. The molecule has 0 atom stereocenters. The van der Waals surface area contributed by atoms with Crippen molar-refractivity contribution >= 4 is 17.6 Å². The fraction of sp³-hybridized carbons (Fsp3) is 0.200. The molecule has 2 aromatic carbocycles. The Bertz CT molecular complexity index is 1030. The van der Waals surface area contributed by atoms with Crippen molar-refractivity contribution in [1.82, 2.24) is 4.68 Å². The molecule has 6 nitrogen and oxygen atoms in total. The molecular formula is C20H20FN3O3S. The number of methoxy groups -OCH3 is 3. The molecule has 0 bridgehead atoms. The van der Waals surface area contributed by atoms with E-state index in [-0.39, 0.29) is 5.82 Å². The lowest BCUT2D eigenvalue weighted by Crippen LogP contribution is -2.11. The number of ether oxygens (including phenoxy) is 3. The van der Waals surface area contributed by atoms with Crippen molar-refractivity contribution in [2.75, 3.05) is 28.4 Å². The van der Waals surface area contributed by atoms with Crippen LogP contribution in [0.4, 0.5) is 4.39 Å². The Kier molecular flexibility index (Phi) is 6.10. The Morgan fingerprint density at radius 1 is 1.00 bits per heavy atom. The van der Waals surface area contributed by atoms with E-state index in [2.05, 4.69) is 10.1 Å². The first-order chi connectivity index (χ1) is 13.6. The predicted octanol–water partition coefficient (Wildman–Crippen LogP) is 3.79. The minimum absolute atomic E-state index is 0.289. The average molecular weight is 401 g/mol. The van der Waals surface area contributed by atoms with Crippen LogP contribution in [0, 0.1) is 5.82 Å². The topological polar surface area (TPSA) is 57.3 Å². The second-order valence-corrected chi connectivity index (χ2v) is 6.49. The van der Waals surface area contributed by atoms with E-state index in [4.69, 9.17) is 14.2 Å². The molecule has 0 unspecified atom stereocenters. The first kappa shape index (κ1) is 19.6. The van der Waals surface area contributed by atoms with Gasteiger partial charge >= 0.3 is 0 Å². The van der Waals surface area contributed by atoms with Crippen molar-refractivity contribution < 1.29 is 18.6 Å². The van der Waals surface area contributed by atoms with Gasteiger partial charge in [-0.2, -0.15) is 5.10 Å². The molecule has 0 aliphatic heterocycles. The second kappa shape index (κ2) is 8.71. The van der Waals surface area contributed by atoms with Crippen LogP contribution in [-0.2, 0) is 0 Å². The summed E-state index contributed by atoms with van der Waals surface area (Å²) in [6.07, 6.45) is 1.66. The Hall–Kier alpha value is -3.13. The molecular weight excluding hydrogens is 381 g/mol. The molecule has 146 valence electrons. The highest BCUT2D eigenvalue weighted by atomic mass is 32.1. The number of halogens is 1. The maximum Gasteiger partial charge on any atom is 0.205 e. The Morgan fingerprint density at radius 2 is 1.64 bits per heavy atom. The monoisotopic (exact) mass is 401 g/mol. The van der Waals surface area contributed by atoms with E-state index in [1.807, 2.05) is 17.5 Å². The quantitative estimate of drug-likeness (QED) is 0.591. The predicted molar refractivity (Wildman–Crippen MR) is 108 cm³/mol. The van der Waals surface area contributed by atoms with Crippen LogP contribution in [-0.4, -0.2) is 39.3 Å². The summed E-state index contributed by atoms with van der Waals surface area (Å²) in [5.41, 5.74) is 2.41. The molecule has 0 radical (unpaired) electrons. The van der Waals surface area contributed by atoms with Crippen molar-refractivity contribution in [1.29, 1.82) is 0 Å². The van der Waals surface area contributed by atoms with Crippen LogP contribution in [0.2, 0.25) is 0 Å². The molecule has 0 saturated carbocycles. The lowest BCUT2D eigenvalue weighted by molar-refractivity contribution is 0.324. The van der Waals surface area contributed by atoms with Gasteiger partial charge in [0.2, 0.25) is 10.6 Å². The molecule has 0 N–H and O–H groups in total. The van der Waals surface area contributed by atoms with Gasteiger partial charge in [-0.15, -0.1) is 11.3 Å². The van der Waals surface area contributed by atoms with Gasteiger partial charge in [0.15, 0.2) is 11.5 Å². The van der Waals surface area contributed by atoms with Gasteiger partial charge in [0.05, 0.1) is 33.2 Å². The van der Waals surface area contributed by atoms with Gasteiger partial charge < -0.3 is 14.2 Å². The van der Waals surface area contributed by atoms with Gasteiger partial charge in [-0.05, 0) is 29.8 Å². The van der Waals surface area contributed by atoms with Gasteiger partial charge in [-0.25, -0.2) is 9.07 Å². The molecule has 1 aromatic heterocycles. The summed E-state index contributed by atoms with van der Waals surface area (Å²) in [4.78, 5) is 4.99. The molecule has 1 heterocycles.